The first-order chi connectivity index (χ1) is 9.74. The van der Waals surface area contributed by atoms with Crippen molar-refractivity contribution in [3.05, 3.63) is 0 Å². The van der Waals surface area contributed by atoms with Crippen molar-refractivity contribution in [1.29, 1.82) is 0 Å². The lowest BCUT2D eigenvalue weighted by Gasteiger charge is -2.37. The van der Waals surface area contributed by atoms with Crippen LogP contribution in [0.15, 0.2) is 0 Å². The Balaban J connectivity index is 0.00000161. The number of morpholine rings is 1. The lowest BCUT2D eigenvalue weighted by molar-refractivity contribution is -0.142. The maximum absolute atomic E-state index is 12.5. The van der Waals surface area contributed by atoms with E-state index in [1.165, 1.54) is 12.8 Å². The quantitative estimate of drug-likeness (QED) is 0.846. The summed E-state index contributed by atoms with van der Waals surface area (Å²) in [6, 6.07) is -0.173. The topological polar surface area (TPSA) is 50.8 Å². The molecule has 6 heteroatoms. The molecule has 2 atom stereocenters. The molecule has 0 radical (unpaired) electrons. The number of piperidine rings is 1. The number of nitrogens with one attached hydrogen (secondary N) is 1. The van der Waals surface area contributed by atoms with Gasteiger partial charge < -0.3 is 19.7 Å². The van der Waals surface area contributed by atoms with Crippen molar-refractivity contribution in [1.82, 2.24) is 10.2 Å². The number of carbonyl (C=O) groups excluding carboxylic acids is 1. The lowest BCUT2D eigenvalue weighted by Crippen LogP contribution is -2.57. The van der Waals surface area contributed by atoms with Gasteiger partial charge in [0.2, 0.25) is 5.91 Å². The van der Waals surface area contributed by atoms with E-state index in [-0.39, 0.29) is 30.5 Å². The molecule has 0 aromatic carbocycles. The van der Waals surface area contributed by atoms with Crippen molar-refractivity contribution < 1.29 is 14.3 Å². The number of nitrogens with zero attached hydrogens (tertiary/aromatic N) is 1. The summed E-state index contributed by atoms with van der Waals surface area (Å²) in [5.74, 6) is 1.01. The van der Waals surface area contributed by atoms with E-state index in [9.17, 15) is 4.79 Å². The zero-order chi connectivity index (χ0) is 13.9. The molecule has 2 saturated heterocycles. The molecule has 0 bridgehead atoms. The van der Waals surface area contributed by atoms with Gasteiger partial charge in [-0.3, -0.25) is 4.79 Å². The highest BCUT2D eigenvalue weighted by atomic mass is 35.5. The van der Waals surface area contributed by atoms with Gasteiger partial charge in [0.15, 0.2) is 0 Å². The number of carbonyl (C=O) groups is 1. The summed E-state index contributed by atoms with van der Waals surface area (Å²) in [4.78, 5) is 14.5. The van der Waals surface area contributed by atoms with Crippen molar-refractivity contribution in [3.8, 4) is 0 Å². The zero-order valence-corrected chi connectivity index (χ0v) is 13.6. The molecule has 3 rings (SSSR count). The molecule has 122 valence electrons. The Morgan fingerprint density at radius 2 is 2.00 bits per heavy atom. The summed E-state index contributed by atoms with van der Waals surface area (Å²) in [7, 11) is 0. The SMILES string of the molecule is C[C@H]1OCCN[C@@H]1C(=O)N1CCC(OCC2CC2)CC1.Cl. The first-order valence-corrected chi connectivity index (χ1v) is 7.99. The molecule has 0 aromatic rings. The number of hydrogen-bond donors (Lipinski definition) is 1. The van der Waals surface area contributed by atoms with Crippen LogP contribution in [0.25, 0.3) is 0 Å². The second kappa shape index (κ2) is 7.77. The van der Waals surface area contributed by atoms with Crippen molar-refractivity contribution in [3.63, 3.8) is 0 Å². The van der Waals surface area contributed by atoms with E-state index in [1.807, 2.05) is 11.8 Å². The fourth-order valence-corrected chi connectivity index (χ4v) is 3.01. The van der Waals surface area contributed by atoms with Crippen LogP contribution in [0.4, 0.5) is 0 Å². The van der Waals surface area contributed by atoms with Crippen LogP contribution in [0.1, 0.15) is 32.6 Å². The summed E-state index contributed by atoms with van der Waals surface area (Å²) in [6.07, 6.45) is 4.94. The molecule has 0 aromatic heterocycles. The fourth-order valence-electron chi connectivity index (χ4n) is 3.01. The van der Waals surface area contributed by atoms with E-state index in [0.717, 1.165) is 45.0 Å². The lowest BCUT2D eigenvalue weighted by atomic mass is 10.0. The van der Waals surface area contributed by atoms with Crippen LogP contribution in [0.2, 0.25) is 0 Å². The van der Waals surface area contributed by atoms with Gasteiger partial charge >= 0.3 is 0 Å². The van der Waals surface area contributed by atoms with E-state index in [0.29, 0.717) is 12.7 Å². The van der Waals surface area contributed by atoms with Gasteiger partial charge in [0.1, 0.15) is 6.04 Å². The van der Waals surface area contributed by atoms with Gasteiger partial charge in [-0.25, -0.2) is 0 Å². The molecule has 21 heavy (non-hydrogen) atoms. The Labute approximate surface area is 133 Å². The third-order valence-electron chi connectivity index (χ3n) is 4.60. The minimum Gasteiger partial charge on any atom is -0.378 e. The third-order valence-corrected chi connectivity index (χ3v) is 4.60. The van der Waals surface area contributed by atoms with Gasteiger partial charge in [-0.05, 0) is 38.5 Å². The van der Waals surface area contributed by atoms with Gasteiger partial charge in [0.05, 0.1) is 18.8 Å². The predicted molar refractivity (Wildman–Crippen MR) is 82.7 cm³/mol. The highest BCUT2D eigenvalue weighted by Gasteiger charge is 2.34. The highest BCUT2D eigenvalue weighted by molar-refractivity contribution is 5.85. The zero-order valence-electron chi connectivity index (χ0n) is 12.8. The van der Waals surface area contributed by atoms with Gasteiger partial charge in [-0.1, -0.05) is 0 Å². The van der Waals surface area contributed by atoms with Crippen LogP contribution in [0.3, 0.4) is 0 Å². The Kier molecular flexibility index (Phi) is 6.29. The van der Waals surface area contributed by atoms with Crippen molar-refractivity contribution in [2.24, 2.45) is 5.92 Å². The monoisotopic (exact) mass is 318 g/mol. The van der Waals surface area contributed by atoms with Crippen LogP contribution in [-0.4, -0.2) is 61.9 Å². The van der Waals surface area contributed by atoms with Crippen molar-refractivity contribution in [2.75, 3.05) is 32.8 Å². The smallest absolute Gasteiger partial charge is 0.242 e. The highest BCUT2D eigenvalue weighted by Crippen LogP contribution is 2.30. The summed E-state index contributed by atoms with van der Waals surface area (Å²) in [5, 5.41) is 3.28. The predicted octanol–water partition coefficient (Wildman–Crippen LogP) is 1.20. The molecule has 2 aliphatic heterocycles. The third kappa shape index (κ3) is 4.55. The van der Waals surface area contributed by atoms with Gasteiger partial charge in [-0.15, -0.1) is 12.4 Å². The van der Waals surface area contributed by atoms with Gasteiger partial charge in [-0.2, -0.15) is 0 Å². The van der Waals surface area contributed by atoms with Crippen molar-refractivity contribution in [2.45, 2.75) is 50.9 Å². The maximum atomic E-state index is 12.5. The maximum Gasteiger partial charge on any atom is 0.242 e. The van der Waals surface area contributed by atoms with Crippen LogP contribution in [0, 0.1) is 5.92 Å². The molecule has 1 N–H and O–H groups in total. The summed E-state index contributed by atoms with van der Waals surface area (Å²) >= 11 is 0. The van der Waals surface area contributed by atoms with Gasteiger partial charge in [0.25, 0.3) is 0 Å². The molecule has 1 saturated carbocycles. The molecule has 1 aliphatic carbocycles. The van der Waals surface area contributed by atoms with Crippen LogP contribution < -0.4 is 5.32 Å². The molecule has 2 heterocycles. The van der Waals surface area contributed by atoms with Crippen LogP contribution in [-0.2, 0) is 14.3 Å². The Hall–Kier alpha value is -0.360. The largest absolute Gasteiger partial charge is 0.378 e. The molecule has 5 nitrogen and oxygen atoms in total. The number of halogens is 1. The van der Waals surface area contributed by atoms with E-state index in [1.54, 1.807) is 0 Å². The van der Waals surface area contributed by atoms with Gasteiger partial charge in [0, 0.05) is 26.2 Å². The van der Waals surface area contributed by atoms with Crippen LogP contribution in [0.5, 0.6) is 0 Å². The molecule has 3 fully saturated rings. The van der Waals surface area contributed by atoms with Crippen molar-refractivity contribution >= 4 is 18.3 Å². The normalized spacial score (nSPS) is 30.8. The van der Waals surface area contributed by atoms with E-state index in [4.69, 9.17) is 9.47 Å². The standard InChI is InChI=1S/C15H26N2O3.ClH/c1-11-14(16-6-9-19-11)15(18)17-7-4-13(5-8-17)20-10-12-2-3-12;/h11-14,16H,2-10H2,1H3;1H/t11-,14+;/m1./s1. The molecular weight excluding hydrogens is 292 g/mol. The Morgan fingerprint density at radius 1 is 1.29 bits per heavy atom. The average molecular weight is 319 g/mol. The number of likely N-dealkylation sites (tertiary alicyclic amines) is 1. The van der Waals surface area contributed by atoms with E-state index in [2.05, 4.69) is 5.32 Å². The average Bonchev–Trinajstić information content (AvgIpc) is 3.30. The van der Waals surface area contributed by atoms with E-state index < -0.39 is 0 Å². The second-order valence-corrected chi connectivity index (χ2v) is 6.31. The number of rotatable bonds is 4. The summed E-state index contributed by atoms with van der Waals surface area (Å²) in [5.41, 5.74) is 0. The Morgan fingerprint density at radius 3 is 2.62 bits per heavy atom. The number of ether oxygens (including phenoxy) is 2. The number of amides is 1. The Bertz CT molecular complexity index is 344. The summed E-state index contributed by atoms with van der Waals surface area (Å²) in [6.45, 7) is 6.00. The molecule has 3 aliphatic rings. The van der Waals surface area contributed by atoms with E-state index >= 15 is 0 Å². The molecular formula is C15H27ClN2O3. The summed E-state index contributed by atoms with van der Waals surface area (Å²) < 4.78 is 11.5. The number of hydrogen-bond acceptors (Lipinski definition) is 4. The fraction of sp³-hybridized carbons (Fsp3) is 0.933. The molecule has 0 unspecified atom stereocenters. The molecule has 0 spiro atoms. The minimum absolute atomic E-state index is 0. The minimum atomic E-state index is -0.173. The first kappa shape index (κ1) is 17.0. The van der Waals surface area contributed by atoms with Crippen LogP contribution >= 0.6 is 12.4 Å². The molecule has 1 amide bonds. The second-order valence-electron chi connectivity index (χ2n) is 6.31. The first-order valence-electron chi connectivity index (χ1n) is 7.99.